The molecule has 6 nitrogen and oxygen atoms in total. The van der Waals surface area contributed by atoms with Crippen LogP contribution in [0.15, 0.2) is 27.9 Å². The van der Waals surface area contributed by atoms with Crippen LogP contribution in [0.2, 0.25) is 0 Å². The van der Waals surface area contributed by atoms with Gasteiger partial charge in [0.15, 0.2) is 0 Å². The third-order valence-electron chi connectivity index (χ3n) is 2.58. The summed E-state index contributed by atoms with van der Waals surface area (Å²) in [4.78, 5) is 16.1. The van der Waals surface area contributed by atoms with E-state index in [1.165, 1.54) is 4.68 Å². The first-order valence-corrected chi connectivity index (χ1v) is 6.32. The van der Waals surface area contributed by atoms with Crippen LogP contribution in [-0.2, 0) is 20.1 Å². The summed E-state index contributed by atoms with van der Waals surface area (Å²) in [6.45, 7) is 0.652. The van der Waals surface area contributed by atoms with E-state index in [-0.39, 0.29) is 12.1 Å². The van der Waals surface area contributed by atoms with E-state index in [0.717, 1.165) is 5.82 Å². The summed E-state index contributed by atoms with van der Waals surface area (Å²) in [7, 11) is 1.90. The number of nitrogens with zero attached hydrogens (tertiary/aromatic N) is 4. The Balaban J connectivity index is 2.18. The third kappa shape index (κ3) is 2.85. The van der Waals surface area contributed by atoms with Crippen molar-refractivity contribution < 1.29 is 0 Å². The highest BCUT2D eigenvalue weighted by molar-refractivity contribution is 9.10. The van der Waals surface area contributed by atoms with Crippen molar-refractivity contribution in [2.45, 2.75) is 13.1 Å². The van der Waals surface area contributed by atoms with Gasteiger partial charge < -0.3 is 9.88 Å². The summed E-state index contributed by atoms with van der Waals surface area (Å²) in [5.74, 6) is 3.24. The molecule has 2 aromatic heterocycles. The molecule has 0 aliphatic heterocycles. The van der Waals surface area contributed by atoms with Gasteiger partial charge in [-0.1, -0.05) is 5.92 Å². The number of terminal acetylenes is 1. The maximum Gasteiger partial charge on any atom is 0.284 e. The van der Waals surface area contributed by atoms with Crippen LogP contribution in [-0.4, -0.2) is 19.3 Å². The van der Waals surface area contributed by atoms with Crippen LogP contribution in [0, 0.1) is 12.3 Å². The summed E-state index contributed by atoms with van der Waals surface area (Å²) in [5.41, 5.74) is 0.351. The van der Waals surface area contributed by atoms with Crippen molar-refractivity contribution in [1.82, 2.24) is 19.3 Å². The van der Waals surface area contributed by atoms with Crippen molar-refractivity contribution in [1.29, 1.82) is 0 Å². The van der Waals surface area contributed by atoms with Gasteiger partial charge in [0, 0.05) is 19.4 Å². The second-order valence-corrected chi connectivity index (χ2v) is 4.64. The normalized spacial score (nSPS) is 10.2. The molecule has 0 amide bonds. The van der Waals surface area contributed by atoms with Crippen molar-refractivity contribution in [2.24, 2.45) is 7.05 Å². The number of aromatic nitrogens is 4. The Labute approximate surface area is 118 Å². The van der Waals surface area contributed by atoms with E-state index in [4.69, 9.17) is 6.42 Å². The van der Waals surface area contributed by atoms with Gasteiger partial charge in [0.25, 0.3) is 5.56 Å². The molecule has 0 aliphatic rings. The average Bonchev–Trinajstić information content (AvgIpc) is 2.80. The standard InChI is InChI=1S/C12H12BrN5O/c1-3-5-18-12(19)11(13)9(7-16-18)15-8-10-14-4-6-17(10)2/h1,4,6-7,15H,5,8H2,2H3. The maximum atomic E-state index is 11.9. The molecule has 2 rings (SSSR count). The van der Waals surface area contributed by atoms with Gasteiger partial charge in [-0.05, 0) is 15.9 Å². The Morgan fingerprint density at radius 1 is 1.58 bits per heavy atom. The quantitative estimate of drug-likeness (QED) is 0.853. The fraction of sp³-hybridized carbons (Fsp3) is 0.250. The van der Waals surface area contributed by atoms with Crippen molar-refractivity contribution in [2.75, 3.05) is 5.32 Å². The van der Waals surface area contributed by atoms with E-state index in [0.29, 0.717) is 16.7 Å². The molecule has 0 bridgehead atoms. The molecule has 1 N–H and O–H groups in total. The molecule has 19 heavy (non-hydrogen) atoms. The van der Waals surface area contributed by atoms with Gasteiger partial charge in [-0.2, -0.15) is 5.10 Å². The van der Waals surface area contributed by atoms with Crippen LogP contribution >= 0.6 is 15.9 Å². The van der Waals surface area contributed by atoms with Crippen LogP contribution in [0.25, 0.3) is 0 Å². The molecule has 0 unspecified atom stereocenters. The predicted octanol–water partition coefficient (Wildman–Crippen LogP) is 0.985. The second-order valence-electron chi connectivity index (χ2n) is 3.85. The summed E-state index contributed by atoms with van der Waals surface area (Å²) in [6, 6.07) is 0. The Morgan fingerprint density at radius 3 is 3.00 bits per heavy atom. The number of rotatable bonds is 4. The molecule has 0 saturated heterocycles. The number of nitrogens with one attached hydrogen (secondary N) is 1. The fourth-order valence-electron chi connectivity index (χ4n) is 1.53. The number of halogens is 1. The van der Waals surface area contributed by atoms with E-state index in [1.807, 2.05) is 17.8 Å². The number of imidazole rings is 1. The zero-order chi connectivity index (χ0) is 13.8. The summed E-state index contributed by atoms with van der Waals surface area (Å²) in [6.07, 6.45) is 10.3. The minimum absolute atomic E-state index is 0.150. The van der Waals surface area contributed by atoms with Gasteiger partial charge in [-0.25, -0.2) is 9.67 Å². The number of hydrogen-bond donors (Lipinski definition) is 1. The van der Waals surface area contributed by atoms with E-state index in [2.05, 4.69) is 37.2 Å². The molecule has 0 atom stereocenters. The van der Waals surface area contributed by atoms with E-state index < -0.39 is 0 Å². The van der Waals surface area contributed by atoms with Gasteiger partial charge >= 0.3 is 0 Å². The SMILES string of the molecule is C#CCn1ncc(NCc2nccn2C)c(Br)c1=O. The highest BCUT2D eigenvalue weighted by atomic mass is 79.9. The van der Waals surface area contributed by atoms with Crippen LogP contribution in [0.1, 0.15) is 5.82 Å². The molecule has 0 aliphatic carbocycles. The molecule has 2 heterocycles. The lowest BCUT2D eigenvalue weighted by Crippen LogP contribution is -2.24. The van der Waals surface area contributed by atoms with Crippen molar-refractivity contribution >= 4 is 21.6 Å². The zero-order valence-corrected chi connectivity index (χ0v) is 11.9. The Morgan fingerprint density at radius 2 is 2.37 bits per heavy atom. The van der Waals surface area contributed by atoms with Crippen LogP contribution in [0.3, 0.4) is 0 Å². The van der Waals surface area contributed by atoms with Crippen molar-refractivity contribution in [3.05, 3.63) is 39.2 Å². The first kappa shape index (κ1) is 13.4. The summed E-state index contributed by atoms with van der Waals surface area (Å²) < 4.78 is 3.52. The molecule has 0 aromatic carbocycles. The van der Waals surface area contributed by atoms with E-state index in [9.17, 15) is 4.79 Å². The molecule has 2 aromatic rings. The lowest BCUT2D eigenvalue weighted by molar-refractivity contribution is 0.659. The monoisotopic (exact) mass is 321 g/mol. The van der Waals surface area contributed by atoms with Gasteiger partial charge in [0.2, 0.25) is 0 Å². The largest absolute Gasteiger partial charge is 0.375 e. The Kier molecular flexibility index (Phi) is 4.02. The average molecular weight is 322 g/mol. The van der Waals surface area contributed by atoms with E-state index in [1.54, 1.807) is 12.4 Å². The van der Waals surface area contributed by atoms with Crippen LogP contribution in [0.5, 0.6) is 0 Å². The predicted molar refractivity (Wildman–Crippen MR) is 75.6 cm³/mol. The first-order chi connectivity index (χ1) is 9.13. The fourth-order valence-corrected chi connectivity index (χ4v) is 1.98. The molecule has 98 valence electrons. The summed E-state index contributed by atoms with van der Waals surface area (Å²) >= 11 is 3.25. The topological polar surface area (TPSA) is 64.7 Å². The Bertz CT molecular complexity index is 682. The molecule has 7 heteroatoms. The smallest absolute Gasteiger partial charge is 0.284 e. The number of aryl methyl sites for hydroxylation is 1. The van der Waals surface area contributed by atoms with Crippen LogP contribution in [0.4, 0.5) is 5.69 Å². The molecule has 0 fully saturated rings. The molecular weight excluding hydrogens is 310 g/mol. The van der Waals surface area contributed by atoms with Gasteiger partial charge in [-0.3, -0.25) is 4.79 Å². The minimum atomic E-state index is -0.261. The first-order valence-electron chi connectivity index (χ1n) is 5.52. The number of anilines is 1. The zero-order valence-electron chi connectivity index (χ0n) is 10.3. The van der Waals surface area contributed by atoms with E-state index >= 15 is 0 Å². The van der Waals surface area contributed by atoms with Gasteiger partial charge in [0.1, 0.15) is 16.8 Å². The maximum absolute atomic E-state index is 11.9. The van der Waals surface area contributed by atoms with Crippen LogP contribution < -0.4 is 10.9 Å². The molecule has 0 spiro atoms. The lowest BCUT2D eigenvalue weighted by Gasteiger charge is -2.09. The van der Waals surface area contributed by atoms with Crippen molar-refractivity contribution in [3.63, 3.8) is 0 Å². The lowest BCUT2D eigenvalue weighted by atomic mass is 10.4. The Hall–Kier alpha value is -2.07. The molecule has 0 saturated carbocycles. The number of hydrogen-bond acceptors (Lipinski definition) is 4. The second kappa shape index (κ2) is 5.71. The minimum Gasteiger partial charge on any atom is -0.375 e. The van der Waals surface area contributed by atoms with Gasteiger partial charge in [0.05, 0.1) is 18.4 Å². The molecule has 0 radical (unpaired) electrons. The van der Waals surface area contributed by atoms with Crippen molar-refractivity contribution in [3.8, 4) is 12.3 Å². The highest BCUT2D eigenvalue weighted by Crippen LogP contribution is 2.16. The molecular formula is C12H12BrN5O. The summed E-state index contributed by atoms with van der Waals surface area (Å²) in [5, 5.41) is 7.10. The third-order valence-corrected chi connectivity index (χ3v) is 3.35. The highest BCUT2D eigenvalue weighted by Gasteiger charge is 2.08. The van der Waals surface area contributed by atoms with Gasteiger partial charge in [-0.15, -0.1) is 6.42 Å².